The number of hydrogen-bond acceptors (Lipinski definition) is 5. The average molecular weight is 505 g/mol. The molecule has 31 heavy (non-hydrogen) atoms. The molecule has 2 heterocycles. The molecule has 1 aromatic heterocycles. The zero-order valence-corrected chi connectivity index (χ0v) is 19.0. The summed E-state index contributed by atoms with van der Waals surface area (Å²) in [6, 6.07) is 9.91. The van der Waals surface area contributed by atoms with Crippen LogP contribution in [0.25, 0.3) is 22.3 Å². The minimum atomic E-state index is -0.707. The number of para-hydroxylation sites is 1. The van der Waals surface area contributed by atoms with E-state index >= 15 is 0 Å². The van der Waals surface area contributed by atoms with Crippen LogP contribution in [0, 0.1) is 6.92 Å². The SMILES string of the molecule is Cc1cc(-c2cc(=O)c3cccc(Cl)c3o2)c(OCC(=O)N2CC[C@]3(O)CC23)cc1Br. The van der Waals surface area contributed by atoms with E-state index in [4.69, 9.17) is 20.8 Å². The number of ether oxygens (including phenoxy) is 1. The van der Waals surface area contributed by atoms with Gasteiger partial charge in [-0.1, -0.05) is 33.6 Å². The van der Waals surface area contributed by atoms with Crippen molar-refractivity contribution >= 4 is 44.4 Å². The van der Waals surface area contributed by atoms with Crippen LogP contribution in [0.4, 0.5) is 0 Å². The first kappa shape index (κ1) is 20.5. The van der Waals surface area contributed by atoms with E-state index in [9.17, 15) is 14.7 Å². The smallest absolute Gasteiger partial charge is 0.260 e. The van der Waals surface area contributed by atoms with Crippen molar-refractivity contribution in [2.24, 2.45) is 0 Å². The van der Waals surface area contributed by atoms with Gasteiger partial charge in [0.05, 0.1) is 27.6 Å². The van der Waals surface area contributed by atoms with Crippen LogP contribution < -0.4 is 10.2 Å². The zero-order valence-electron chi connectivity index (χ0n) is 16.7. The zero-order chi connectivity index (χ0) is 21.9. The maximum absolute atomic E-state index is 12.7. The molecule has 0 radical (unpaired) electrons. The van der Waals surface area contributed by atoms with E-state index in [1.165, 1.54) is 6.07 Å². The van der Waals surface area contributed by atoms with Crippen molar-refractivity contribution in [3.63, 3.8) is 0 Å². The normalized spacial score (nSPS) is 21.9. The Labute approximate surface area is 191 Å². The van der Waals surface area contributed by atoms with Crippen LogP contribution in [-0.2, 0) is 4.79 Å². The molecule has 0 bridgehead atoms. The highest BCUT2D eigenvalue weighted by atomic mass is 79.9. The summed E-state index contributed by atoms with van der Waals surface area (Å²) in [7, 11) is 0. The van der Waals surface area contributed by atoms with Gasteiger partial charge >= 0.3 is 0 Å². The van der Waals surface area contributed by atoms with Gasteiger partial charge in [0.25, 0.3) is 5.91 Å². The lowest BCUT2D eigenvalue weighted by Crippen LogP contribution is -2.35. The van der Waals surface area contributed by atoms with Crippen molar-refractivity contribution in [2.45, 2.75) is 31.4 Å². The average Bonchev–Trinajstić information content (AvgIpc) is 3.29. The first-order valence-electron chi connectivity index (χ1n) is 9.94. The number of hydrogen-bond donors (Lipinski definition) is 1. The number of halogens is 2. The summed E-state index contributed by atoms with van der Waals surface area (Å²) in [6.45, 7) is 2.27. The molecule has 3 aromatic rings. The van der Waals surface area contributed by atoms with Gasteiger partial charge in [-0.15, -0.1) is 0 Å². The number of benzene rings is 2. The molecular weight excluding hydrogens is 486 g/mol. The molecular formula is C23H19BrClNO5. The van der Waals surface area contributed by atoms with E-state index in [1.54, 1.807) is 29.2 Å². The van der Waals surface area contributed by atoms with Crippen molar-refractivity contribution in [1.82, 2.24) is 4.90 Å². The van der Waals surface area contributed by atoms with Gasteiger partial charge in [-0.25, -0.2) is 0 Å². The van der Waals surface area contributed by atoms with Gasteiger partial charge in [0, 0.05) is 23.5 Å². The van der Waals surface area contributed by atoms with Crippen molar-refractivity contribution in [2.75, 3.05) is 13.2 Å². The Morgan fingerprint density at radius 1 is 1.39 bits per heavy atom. The fraction of sp³-hybridized carbons (Fsp3) is 0.304. The predicted octanol–water partition coefficient (Wildman–Crippen LogP) is 4.30. The van der Waals surface area contributed by atoms with Crippen LogP contribution in [0.3, 0.4) is 0 Å². The molecule has 6 nitrogen and oxygen atoms in total. The number of rotatable bonds is 4. The molecule has 1 aliphatic carbocycles. The van der Waals surface area contributed by atoms with Crippen LogP contribution in [0.15, 0.2) is 50.1 Å². The minimum Gasteiger partial charge on any atom is -0.483 e. The molecule has 5 rings (SSSR count). The Bertz CT molecular complexity index is 1290. The van der Waals surface area contributed by atoms with Gasteiger partial charge in [-0.2, -0.15) is 0 Å². The maximum Gasteiger partial charge on any atom is 0.260 e. The molecule has 1 aliphatic heterocycles. The third kappa shape index (κ3) is 3.54. The van der Waals surface area contributed by atoms with E-state index in [0.717, 1.165) is 10.0 Å². The summed E-state index contributed by atoms with van der Waals surface area (Å²) in [5, 5.41) is 10.9. The molecule has 2 aromatic carbocycles. The molecule has 1 saturated carbocycles. The second kappa shape index (κ2) is 7.36. The summed E-state index contributed by atoms with van der Waals surface area (Å²) in [5.74, 6) is 0.538. The van der Waals surface area contributed by atoms with Crippen molar-refractivity contribution in [1.29, 1.82) is 0 Å². The summed E-state index contributed by atoms with van der Waals surface area (Å²) >= 11 is 9.74. The van der Waals surface area contributed by atoms with Crippen LogP contribution in [0.2, 0.25) is 5.02 Å². The number of nitrogens with zero attached hydrogens (tertiary/aromatic N) is 1. The van der Waals surface area contributed by atoms with Gasteiger partial charge in [-0.3, -0.25) is 9.59 Å². The molecule has 1 unspecified atom stereocenters. The maximum atomic E-state index is 12.7. The Kier molecular flexibility index (Phi) is 4.88. The van der Waals surface area contributed by atoms with Crippen LogP contribution >= 0.6 is 27.5 Å². The Morgan fingerprint density at radius 2 is 2.19 bits per heavy atom. The third-order valence-corrected chi connectivity index (χ3v) is 7.23. The number of piperidine rings is 1. The Morgan fingerprint density at radius 3 is 2.90 bits per heavy atom. The summed E-state index contributed by atoms with van der Waals surface area (Å²) in [4.78, 5) is 27.0. The highest BCUT2D eigenvalue weighted by Gasteiger charge is 2.61. The van der Waals surface area contributed by atoms with Gasteiger partial charge in [0.1, 0.15) is 11.5 Å². The van der Waals surface area contributed by atoms with E-state index in [-0.39, 0.29) is 24.0 Å². The third-order valence-electron chi connectivity index (χ3n) is 6.07. The second-order valence-electron chi connectivity index (χ2n) is 8.14. The van der Waals surface area contributed by atoms with Crippen molar-refractivity contribution < 1.29 is 19.1 Å². The monoisotopic (exact) mass is 503 g/mol. The number of aliphatic hydroxyl groups is 1. The van der Waals surface area contributed by atoms with Crippen LogP contribution in [0.5, 0.6) is 5.75 Å². The predicted molar refractivity (Wildman–Crippen MR) is 121 cm³/mol. The van der Waals surface area contributed by atoms with Gasteiger partial charge < -0.3 is 19.2 Å². The Balaban J connectivity index is 1.49. The number of carbonyl (C=O) groups excluding carboxylic acids is 1. The number of amides is 1. The molecule has 1 N–H and O–H groups in total. The van der Waals surface area contributed by atoms with E-state index in [2.05, 4.69) is 15.9 Å². The number of aryl methyl sites for hydroxylation is 1. The Hall–Kier alpha value is -2.35. The summed E-state index contributed by atoms with van der Waals surface area (Å²) in [6.07, 6.45) is 1.23. The quantitative estimate of drug-likeness (QED) is 0.573. The van der Waals surface area contributed by atoms with E-state index < -0.39 is 5.60 Å². The molecule has 1 saturated heterocycles. The second-order valence-corrected chi connectivity index (χ2v) is 9.40. The van der Waals surface area contributed by atoms with Gasteiger partial charge in [0.2, 0.25) is 0 Å². The van der Waals surface area contributed by atoms with E-state index in [1.807, 2.05) is 13.0 Å². The van der Waals surface area contributed by atoms with E-state index in [0.29, 0.717) is 52.5 Å². The molecule has 2 aliphatic rings. The summed E-state index contributed by atoms with van der Waals surface area (Å²) in [5.41, 5.74) is 0.849. The summed E-state index contributed by atoms with van der Waals surface area (Å²) < 4.78 is 12.7. The first-order chi connectivity index (χ1) is 14.8. The fourth-order valence-corrected chi connectivity index (χ4v) is 4.72. The molecule has 8 heteroatoms. The highest BCUT2D eigenvalue weighted by molar-refractivity contribution is 9.10. The van der Waals surface area contributed by atoms with Gasteiger partial charge in [0.15, 0.2) is 17.6 Å². The highest BCUT2D eigenvalue weighted by Crippen LogP contribution is 2.48. The lowest BCUT2D eigenvalue weighted by Gasteiger charge is -2.19. The van der Waals surface area contributed by atoms with Gasteiger partial charge in [-0.05, 0) is 43.2 Å². The van der Waals surface area contributed by atoms with Crippen molar-refractivity contribution in [3.8, 4) is 17.1 Å². The number of carbonyl (C=O) groups is 1. The lowest BCUT2D eigenvalue weighted by molar-refractivity contribution is -0.133. The molecule has 2 atom stereocenters. The van der Waals surface area contributed by atoms with Crippen LogP contribution in [0.1, 0.15) is 18.4 Å². The topological polar surface area (TPSA) is 80.0 Å². The lowest BCUT2D eigenvalue weighted by atomic mass is 10.1. The largest absolute Gasteiger partial charge is 0.483 e. The minimum absolute atomic E-state index is 0.103. The number of likely N-dealkylation sites (tertiary alicyclic amines) is 1. The molecule has 2 fully saturated rings. The number of fused-ring (bicyclic) bond motifs is 2. The molecule has 160 valence electrons. The van der Waals surface area contributed by atoms with Crippen LogP contribution in [-0.4, -0.2) is 40.7 Å². The standard InChI is InChI=1S/C23H19BrClNO5/c1-12-7-14(19-9-17(27)13-3-2-4-16(25)22(13)31-19)18(8-15(12)24)30-11-21(28)26-6-5-23(29)10-20(23)26/h2-4,7-9,20,29H,5-6,10-11H2,1H3/t20?,23-/m0/s1. The van der Waals surface area contributed by atoms with Crippen molar-refractivity contribution in [3.05, 3.63) is 61.7 Å². The fourth-order valence-electron chi connectivity index (χ4n) is 4.19. The molecule has 1 amide bonds. The molecule has 0 spiro atoms. The first-order valence-corrected chi connectivity index (χ1v) is 11.1.